The topological polar surface area (TPSA) is 92.3 Å². The third-order valence-corrected chi connectivity index (χ3v) is 7.15. The molecule has 0 saturated carbocycles. The average Bonchev–Trinajstić information content (AvgIpc) is 3.36. The monoisotopic (exact) mass is 512 g/mol. The summed E-state index contributed by atoms with van der Waals surface area (Å²) in [4.78, 5) is 27.7. The average molecular weight is 513 g/mol. The molecule has 2 aliphatic heterocycles. The van der Waals surface area contributed by atoms with Gasteiger partial charge in [0, 0.05) is 48.7 Å². The molecule has 9 heteroatoms. The Morgan fingerprint density at radius 2 is 1.97 bits per heavy atom. The van der Waals surface area contributed by atoms with Crippen LogP contribution in [0.4, 0.5) is 16.0 Å². The summed E-state index contributed by atoms with van der Waals surface area (Å²) in [5.74, 6) is 1.02. The molecule has 194 valence electrons. The maximum Gasteiger partial charge on any atom is 0.228 e. The fourth-order valence-electron chi connectivity index (χ4n) is 5.24. The Bertz CT molecular complexity index is 1500. The van der Waals surface area contributed by atoms with Gasteiger partial charge in [0.05, 0.1) is 16.9 Å². The number of carbonyl (C=O) groups is 1. The van der Waals surface area contributed by atoms with Crippen molar-refractivity contribution in [2.24, 2.45) is 0 Å². The fourth-order valence-corrected chi connectivity index (χ4v) is 5.24. The van der Waals surface area contributed by atoms with Gasteiger partial charge in [0.2, 0.25) is 17.7 Å². The molecule has 0 bridgehead atoms. The van der Waals surface area contributed by atoms with Crippen LogP contribution in [0.25, 0.3) is 22.0 Å². The van der Waals surface area contributed by atoms with E-state index in [0.29, 0.717) is 64.7 Å². The number of anilines is 2. The first kappa shape index (κ1) is 24.2. The quantitative estimate of drug-likeness (QED) is 0.366. The number of pyridine rings is 1. The van der Waals surface area contributed by atoms with Crippen molar-refractivity contribution in [1.29, 1.82) is 0 Å². The minimum atomic E-state index is -0.421. The lowest BCUT2D eigenvalue weighted by molar-refractivity contribution is -0.117. The zero-order valence-electron chi connectivity index (χ0n) is 21.2. The van der Waals surface area contributed by atoms with Crippen LogP contribution in [-0.2, 0) is 4.79 Å². The highest BCUT2D eigenvalue weighted by Gasteiger charge is 2.27. The van der Waals surface area contributed by atoms with Crippen molar-refractivity contribution in [2.75, 3.05) is 29.9 Å². The molecule has 2 fully saturated rings. The molecule has 4 heterocycles. The lowest BCUT2D eigenvalue weighted by Crippen LogP contribution is -2.38. The minimum Gasteiger partial charge on any atom is -0.437 e. The number of hydrogen-bond donors (Lipinski definition) is 2. The maximum absolute atomic E-state index is 15.0. The largest absolute Gasteiger partial charge is 0.437 e. The molecule has 1 amide bonds. The Labute approximate surface area is 220 Å². The van der Waals surface area contributed by atoms with E-state index in [1.807, 2.05) is 37.3 Å². The van der Waals surface area contributed by atoms with Gasteiger partial charge in [-0.3, -0.25) is 4.79 Å². The van der Waals surface area contributed by atoms with Gasteiger partial charge in [0.15, 0.2) is 0 Å². The van der Waals surface area contributed by atoms with Gasteiger partial charge in [0.1, 0.15) is 11.6 Å². The molecular formula is C29H29FN6O2. The number of halogens is 1. The van der Waals surface area contributed by atoms with E-state index in [-0.39, 0.29) is 11.9 Å². The van der Waals surface area contributed by atoms with E-state index < -0.39 is 5.82 Å². The number of nitrogens with one attached hydrogen (secondary N) is 2. The van der Waals surface area contributed by atoms with Crippen LogP contribution in [0.1, 0.15) is 31.2 Å². The van der Waals surface area contributed by atoms with Gasteiger partial charge in [-0.1, -0.05) is 12.1 Å². The first-order valence-electron chi connectivity index (χ1n) is 13.0. The number of nitrogens with zero attached hydrogens (tertiary/aromatic N) is 4. The number of fused-ring (bicyclic) bond motifs is 1. The fraction of sp³-hybridized carbons (Fsp3) is 0.310. The van der Waals surface area contributed by atoms with Gasteiger partial charge in [-0.15, -0.1) is 0 Å². The number of piperidine rings is 1. The molecule has 2 aromatic heterocycles. The van der Waals surface area contributed by atoms with E-state index in [4.69, 9.17) is 9.72 Å². The first-order chi connectivity index (χ1) is 18.6. The van der Waals surface area contributed by atoms with Crippen molar-refractivity contribution < 1.29 is 13.9 Å². The van der Waals surface area contributed by atoms with Crippen LogP contribution in [-0.4, -0.2) is 46.5 Å². The molecule has 8 nitrogen and oxygen atoms in total. The van der Waals surface area contributed by atoms with Gasteiger partial charge in [0.25, 0.3) is 0 Å². The van der Waals surface area contributed by atoms with Crippen molar-refractivity contribution in [1.82, 2.24) is 20.3 Å². The van der Waals surface area contributed by atoms with Gasteiger partial charge in [-0.05, 0) is 68.6 Å². The Morgan fingerprint density at radius 3 is 2.79 bits per heavy atom. The van der Waals surface area contributed by atoms with Crippen LogP contribution in [0, 0.1) is 12.7 Å². The predicted molar refractivity (Wildman–Crippen MR) is 145 cm³/mol. The second kappa shape index (κ2) is 10.3. The van der Waals surface area contributed by atoms with E-state index in [1.54, 1.807) is 23.4 Å². The van der Waals surface area contributed by atoms with Crippen LogP contribution in [0.3, 0.4) is 0 Å². The number of benzene rings is 2. The zero-order valence-corrected chi connectivity index (χ0v) is 21.2. The molecule has 6 rings (SSSR count). The summed E-state index contributed by atoms with van der Waals surface area (Å²) in [5, 5.41) is 8.16. The second-order valence-corrected chi connectivity index (χ2v) is 9.76. The number of aryl methyl sites for hydroxylation is 1. The molecule has 2 aromatic carbocycles. The predicted octanol–water partition coefficient (Wildman–Crippen LogP) is 5.22. The number of ether oxygens (including phenoxy) is 1. The third kappa shape index (κ3) is 4.65. The van der Waals surface area contributed by atoms with Crippen molar-refractivity contribution in [2.45, 2.75) is 38.6 Å². The number of hydrogen-bond acceptors (Lipinski definition) is 7. The Morgan fingerprint density at radius 1 is 1.08 bits per heavy atom. The lowest BCUT2D eigenvalue weighted by Gasteiger charge is -2.23. The SMILES string of the molecule is Cc1ccc2c(N3CCCC3=O)c(F)ccc2c1Oc1ncccc1-c1ccnc(NC2CCCNC2)n1. The van der Waals surface area contributed by atoms with Crippen LogP contribution in [0.15, 0.2) is 54.9 Å². The molecule has 2 aliphatic rings. The number of amides is 1. The lowest BCUT2D eigenvalue weighted by atomic mass is 10.0. The highest BCUT2D eigenvalue weighted by atomic mass is 19.1. The van der Waals surface area contributed by atoms with Crippen LogP contribution in [0.5, 0.6) is 11.6 Å². The standard InChI is InChI=1S/C29H29FN6O2/c1-18-8-9-20-21(10-11-23(30)26(20)36-16-4-7-25(36)37)27(18)38-28-22(6-3-14-32-28)24-12-15-33-29(35-24)34-19-5-2-13-31-17-19/h3,6,8-12,14-15,19,31H,2,4-5,7,13,16-17H2,1H3,(H,33,34,35). The number of rotatable bonds is 6. The summed E-state index contributed by atoms with van der Waals surface area (Å²) in [6.45, 7) is 4.35. The molecule has 2 N–H and O–H groups in total. The first-order valence-corrected chi connectivity index (χ1v) is 13.0. The zero-order chi connectivity index (χ0) is 26.1. The van der Waals surface area contributed by atoms with Crippen molar-refractivity contribution in [3.05, 3.63) is 66.2 Å². The maximum atomic E-state index is 15.0. The summed E-state index contributed by atoms with van der Waals surface area (Å²) in [7, 11) is 0. The van der Waals surface area contributed by atoms with Crippen molar-refractivity contribution >= 4 is 28.3 Å². The molecule has 2 saturated heterocycles. The highest BCUT2D eigenvalue weighted by Crippen LogP contribution is 2.41. The van der Waals surface area contributed by atoms with Crippen molar-refractivity contribution in [3.63, 3.8) is 0 Å². The Balaban J connectivity index is 1.37. The third-order valence-electron chi connectivity index (χ3n) is 7.15. The van der Waals surface area contributed by atoms with Crippen LogP contribution >= 0.6 is 0 Å². The minimum absolute atomic E-state index is 0.0661. The van der Waals surface area contributed by atoms with E-state index in [9.17, 15) is 4.79 Å². The molecule has 1 unspecified atom stereocenters. The molecule has 1 atom stereocenters. The smallest absolute Gasteiger partial charge is 0.228 e. The van der Waals surface area contributed by atoms with Gasteiger partial charge in [-0.2, -0.15) is 0 Å². The number of carbonyl (C=O) groups excluding carboxylic acids is 1. The normalized spacial score (nSPS) is 17.7. The van der Waals surface area contributed by atoms with E-state index in [2.05, 4.69) is 20.6 Å². The van der Waals surface area contributed by atoms with E-state index in [0.717, 1.165) is 31.5 Å². The van der Waals surface area contributed by atoms with Gasteiger partial charge >= 0.3 is 0 Å². The summed E-state index contributed by atoms with van der Waals surface area (Å²) in [6, 6.07) is 12.7. The number of aromatic nitrogens is 3. The molecular weight excluding hydrogens is 483 g/mol. The van der Waals surface area contributed by atoms with Crippen molar-refractivity contribution in [3.8, 4) is 22.9 Å². The van der Waals surface area contributed by atoms with Crippen LogP contribution in [0.2, 0.25) is 0 Å². The van der Waals surface area contributed by atoms with Gasteiger partial charge in [-0.25, -0.2) is 19.3 Å². The van der Waals surface area contributed by atoms with E-state index in [1.165, 1.54) is 6.07 Å². The summed E-state index contributed by atoms with van der Waals surface area (Å²) in [6.07, 6.45) is 6.71. The van der Waals surface area contributed by atoms with Crippen LogP contribution < -0.4 is 20.3 Å². The molecule has 0 aliphatic carbocycles. The van der Waals surface area contributed by atoms with E-state index >= 15 is 4.39 Å². The second-order valence-electron chi connectivity index (χ2n) is 9.76. The summed E-state index contributed by atoms with van der Waals surface area (Å²) < 4.78 is 21.5. The van der Waals surface area contributed by atoms with Gasteiger partial charge < -0.3 is 20.3 Å². The summed E-state index contributed by atoms with van der Waals surface area (Å²) >= 11 is 0. The Kier molecular flexibility index (Phi) is 6.59. The molecule has 4 aromatic rings. The molecule has 38 heavy (non-hydrogen) atoms. The molecule has 0 spiro atoms. The summed E-state index contributed by atoms with van der Waals surface area (Å²) in [5.41, 5.74) is 2.57. The Hall–Kier alpha value is -4.11. The highest BCUT2D eigenvalue weighted by molar-refractivity contribution is 6.07. The molecule has 0 radical (unpaired) electrons.